The summed E-state index contributed by atoms with van der Waals surface area (Å²) in [4.78, 5) is 15.2. The maximum absolute atomic E-state index is 13.1. The minimum absolute atomic E-state index is 0.0911. The fraction of sp³-hybridized carbons (Fsp3) is 0.296. The number of benzene rings is 3. The maximum Gasteiger partial charge on any atom is 0.262 e. The monoisotopic (exact) mass is 477 g/mol. The molecular formula is C27H31N3O3S. The molecule has 6 nitrogen and oxygen atoms in total. The van der Waals surface area contributed by atoms with E-state index in [1.165, 1.54) is 24.6 Å². The van der Waals surface area contributed by atoms with E-state index in [2.05, 4.69) is 27.1 Å². The second-order valence-corrected chi connectivity index (χ2v) is 10.6. The Morgan fingerprint density at radius 3 is 2.21 bits per heavy atom. The Morgan fingerprint density at radius 1 is 0.853 bits per heavy atom. The number of anilines is 2. The molecule has 0 aliphatic carbocycles. The lowest BCUT2D eigenvalue weighted by molar-refractivity contribution is 0.0950. The predicted octanol–water partition coefficient (Wildman–Crippen LogP) is 4.94. The lowest BCUT2D eigenvalue weighted by atomic mass is 10.1. The first kappa shape index (κ1) is 23.8. The van der Waals surface area contributed by atoms with Gasteiger partial charge in [0.25, 0.3) is 15.9 Å². The van der Waals surface area contributed by atoms with Crippen molar-refractivity contribution in [1.82, 2.24) is 5.32 Å². The van der Waals surface area contributed by atoms with Gasteiger partial charge in [-0.15, -0.1) is 0 Å². The number of sulfonamides is 1. The van der Waals surface area contributed by atoms with Gasteiger partial charge in [-0.05, 0) is 92.3 Å². The fourth-order valence-corrected chi connectivity index (χ4v) is 5.45. The van der Waals surface area contributed by atoms with Gasteiger partial charge in [0.05, 0.1) is 4.90 Å². The molecule has 0 saturated carbocycles. The van der Waals surface area contributed by atoms with Gasteiger partial charge in [0, 0.05) is 36.6 Å². The SMILES string of the molecule is Cc1ccc(NS(=O)(=O)c2cc(C(=O)NCc3ccc(N4CCCC4)cc3)ccc2C)cc1C. The van der Waals surface area contributed by atoms with Gasteiger partial charge < -0.3 is 10.2 Å². The Hall–Kier alpha value is -3.32. The maximum atomic E-state index is 13.1. The molecule has 1 aliphatic heterocycles. The molecule has 0 radical (unpaired) electrons. The van der Waals surface area contributed by atoms with Crippen LogP contribution in [-0.4, -0.2) is 27.4 Å². The summed E-state index contributed by atoms with van der Waals surface area (Å²) in [5, 5.41) is 2.90. The van der Waals surface area contributed by atoms with E-state index in [-0.39, 0.29) is 10.8 Å². The molecule has 1 amide bonds. The van der Waals surface area contributed by atoms with Gasteiger partial charge in [-0.1, -0.05) is 24.3 Å². The second kappa shape index (κ2) is 9.89. The Morgan fingerprint density at radius 2 is 1.53 bits per heavy atom. The highest BCUT2D eigenvalue weighted by atomic mass is 32.2. The third kappa shape index (κ3) is 5.42. The van der Waals surface area contributed by atoms with Crippen LogP contribution >= 0.6 is 0 Å². The van der Waals surface area contributed by atoms with E-state index in [0.29, 0.717) is 23.4 Å². The average molecular weight is 478 g/mol. The topological polar surface area (TPSA) is 78.5 Å². The zero-order chi connectivity index (χ0) is 24.3. The third-order valence-electron chi connectivity index (χ3n) is 6.36. The van der Waals surface area contributed by atoms with Gasteiger partial charge in [0.15, 0.2) is 0 Å². The molecule has 0 unspecified atom stereocenters. The van der Waals surface area contributed by atoms with Crippen LogP contribution in [0.5, 0.6) is 0 Å². The molecule has 7 heteroatoms. The van der Waals surface area contributed by atoms with Crippen LogP contribution in [-0.2, 0) is 16.6 Å². The van der Waals surface area contributed by atoms with Crippen molar-refractivity contribution < 1.29 is 13.2 Å². The van der Waals surface area contributed by atoms with Crippen LogP contribution in [0.25, 0.3) is 0 Å². The van der Waals surface area contributed by atoms with Crippen LogP contribution in [0.2, 0.25) is 0 Å². The predicted molar refractivity (Wildman–Crippen MR) is 137 cm³/mol. The zero-order valence-electron chi connectivity index (χ0n) is 19.9. The van der Waals surface area contributed by atoms with E-state index in [1.807, 2.05) is 32.0 Å². The van der Waals surface area contributed by atoms with Crippen LogP contribution < -0.4 is 14.9 Å². The van der Waals surface area contributed by atoms with E-state index in [9.17, 15) is 13.2 Å². The highest BCUT2D eigenvalue weighted by Crippen LogP contribution is 2.23. The molecule has 0 bridgehead atoms. The number of hydrogen-bond acceptors (Lipinski definition) is 4. The van der Waals surface area contributed by atoms with Crippen molar-refractivity contribution in [1.29, 1.82) is 0 Å². The molecule has 4 rings (SSSR count). The number of nitrogens with zero attached hydrogens (tertiary/aromatic N) is 1. The first-order valence-corrected chi connectivity index (χ1v) is 13.0. The van der Waals surface area contributed by atoms with E-state index in [0.717, 1.165) is 29.8 Å². The summed E-state index contributed by atoms with van der Waals surface area (Å²) in [5.41, 5.74) is 5.66. The molecule has 34 heavy (non-hydrogen) atoms. The highest BCUT2D eigenvalue weighted by Gasteiger charge is 2.20. The Bertz CT molecular complexity index is 1300. The first-order chi connectivity index (χ1) is 16.2. The smallest absolute Gasteiger partial charge is 0.262 e. The normalized spacial score (nSPS) is 13.7. The lowest BCUT2D eigenvalue weighted by Crippen LogP contribution is -2.24. The number of carbonyl (C=O) groups is 1. The minimum Gasteiger partial charge on any atom is -0.372 e. The van der Waals surface area contributed by atoms with Crippen LogP contribution in [0, 0.1) is 20.8 Å². The summed E-state index contributed by atoms with van der Waals surface area (Å²) in [6, 6.07) is 18.4. The molecular weight excluding hydrogens is 446 g/mol. The van der Waals surface area contributed by atoms with Gasteiger partial charge in [-0.3, -0.25) is 9.52 Å². The Kier molecular flexibility index (Phi) is 6.93. The molecule has 1 fully saturated rings. The van der Waals surface area contributed by atoms with Gasteiger partial charge in [0.1, 0.15) is 0 Å². The average Bonchev–Trinajstić information content (AvgIpc) is 3.35. The number of hydrogen-bond donors (Lipinski definition) is 2. The highest BCUT2D eigenvalue weighted by molar-refractivity contribution is 7.92. The van der Waals surface area contributed by atoms with Crippen LogP contribution in [0.15, 0.2) is 65.6 Å². The summed E-state index contributed by atoms with van der Waals surface area (Å²) in [6.45, 7) is 8.18. The standard InChI is InChI=1S/C27H31N3O3S/c1-19-7-11-24(16-21(19)3)29-34(32,33)26-17-23(10-6-20(26)2)27(31)28-18-22-8-12-25(13-9-22)30-14-4-5-15-30/h6-13,16-17,29H,4-5,14-15,18H2,1-3H3,(H,28,31). The van der Waals surface area contributed by atoms with Crippen molar-refractivity contribution in [3.63, 3.8) is 0 Å². The van der Waals surface area contributed by atoms with Gasteiger partial charge >= 0.3 is 0 Å². The number of rotatable bonds is 7. The molecule has 178 valence electrons. The molecule has 3 aromatic carbocycles. The molecule has 2 N–H and O–H groups in total. The Labute approximate surface area is 202 Å². The molecule has 1 aliphatic rings. The van der Waals surface area contributed by atoms with Crippen LogP contribution in [0.4, 0.5) is 11.4 Å². The van der Waals surface area contributed by atoms with Gasteiger partial charge in [-0.2, -0.15) is 0 Å². The molecule has 0 spiro atoms. The number of amides is 1. The molecule has 1 heterocycles. The van der Waals surface area contributed by atoms with Gasteiger partial charge in [-0.25, -0.2) is 8.42 Å². The van der Waals surface area contributed by atoms with E-state index >= 15 is 0 Å². The van der Waals surface area contributed by atoms with E-state index in [4.69, 9.17) is 0 Å². The van der Waals surface area contributed by atoms with Crippen molar-refractivity contribution in [3.05, 3.63) is 88.5 Å². The Balaban J connectivity index is 1.45. The summed E-state index contributed by atoms with van der Waals surface area (Å²) >= 11 is 0. The van der Waals surface area contributed by atoms with Crippen molar-refractivity contribution in [2.24, 2.45) is 0 Å². The first-order valence-electron chi connectivity index (χ1n) is 11.6. The molecule has 3 aromatic rings. The zero-order valence-corrected chi connectivity index (χ0v) is 20.7. The second-order valence-electron chi connectivity index (χ2n) is 8.93. The van der Waals surface area contributed by atoms with E-state index < -0.39 is 10.0 Å². The summed E-state index contributed by atoms with van der Waals surface area (Å²) in [5.74, 6) is -0.314. The van der Waals surface area contributed by atoms with Crippen molar-refractivity contribution in [3.8, 4) is 0 Å². The van der Waals surface area contributed by atoms with E-state index in [1.54, 1.807) is 31.2 Å². The van der Waals surface area contributed by atoms with Crippen molar-refractivity contribution in [2.45, 2.75) is 45.1 Å². The largest absolute Gasteiger partial charge is 0.372 e. The van der Waals surface area contributed by atoms with Crippen LogP contribution in [0.3, 0.4) is 0 Å². The third-order valence-corrected chi connectivity index (χ3v) is 7.88. The fourth-order valence-electron chi connectivity index (χ4n) is 4.13. The minimum atomic E-state index is -3.84. The molecule has 0 atom stereocenters. The number of aryl methyl sites for hydroxylation is 3. The molecule has 0 aromatic heterocycles. The van der Waals surface area contributed by atoms with Crippen molar-refractivity contribution >= 4 is 27.3 Å². The summed E-state index contributed by atoms with van der Waals surface area (Å²) < 4.78 is 28.8. The quantitative estimate of drug-likeness (QED) is 0.505. The molecule has 1 saturated heterocycles. The lowest BCUT2D eigenvalue weighted by Gasteiger charge is -2.17. The summed E-state index contributed by atoms with van der Waals surface area (Å²) in [7, 11) is -3.84. The van der Waals surface area contributed by atoms with Crippen molar-refractivity contribution in [2.75, 3.05) is 22.7 Å². The summed E-state index contributed by atoms with van der Waals surface area (Å²) in [6.07, 6.45) is 2.46. The van der Waals surface area contributed by atoms with Crippen LogP contribution in [0.1, 0.15) is 45.5 Å². The number of nitrogens with one attached hydrogen (secondary N) is 2. The number of carbonyl (C=O) groups excluding carboxylic acids is 1. The van der Waals surface area contributed by atoms with Gasteiger partial charge in [0.2, 0.25) is 0 Å².